The van der Waals surface area contributed by atoms with Gasteiger partial charge < -0.3 is 18.9 Å². The number of amides is 1. The second-order valence-electron chi connectivity index (χ2n) is 8.14. The van der Waals surface area contributed by atoms with E-state index in [1.165, 1.54) is 35.6 Å². The lowest BCUT2D eigenvalue weighted by molar-refractivity contribution is 0.0590. The first-order valence-corrected chi connectivity index (χ1v) is 11.8. The third kappa shape index (κ3) is 4.04. The molecule has 2 aromatic heterocycles. The van der Waals surface area contributed by atoms with Crippen LogP contribution in [-0.4, -0.2) is 52.6 Å². The molecular formula is C24H23N3O5S. The molecule has 33 heavy (non-hydrogen) atoms. The number of fused-ring (bicyclic) bond motifs is 2. The van der Waals surface area contributed by atoms with E-state index in [0.29, 0.717) is 43.7 Å². The third-order valence-corrected chi connectivity index (χ3v) is 6.82. The Balaban J connectivity index is 1.46. The summed E-state index contributed by atoms with van der Waals surface area (Å²) < 4.78 is 12.8. The van der Waals surface area contributed by atoms with E-state index in [4.69, 9.17) is 9.47 Å². The van der Waals surface area contributed by atoms with Crippen LogP contribution in [0.25, 0.3) is 0 Å². The molecule has 3 heterocycles. The molecular weight excluding hydrogens is 442 g/mol. The predicted molar refractivity (Wildman–Crippen MR) is 122 cm³/mol. The third-order valence-electron chi connectivity index (χ3n) is 6.23. The first-order chi connectivity index (χ1) is 16.0. The van der Waals surface area contributed by atoms with E-state index < -0.39 is 5.97 Å². The van der Waals surface area contributed by atoms with Gasteiger partial charge >= 0.3 is 5.97 Å². The molecule has 0 unspecified atom stereocenters. The number of pyridine rings is 1. The minimum atomic E-state index is -0.552. The monoisotopic (exact) mass is 465 g/mol. The van der Waals surface area contributed by atoms with Crippen molar-refractivity contribution >= 4 is 23.2 Å². The van der Waals surface area contributed by atoms with E-state index in [0.717, 1.165) is 0 Å². The minimum Gasteiger partial charge on any atom is -0.489 e. The molecule has 3 aromatic rings. The first-order valence-electron chi connectivity index (χ1n) is 10.8. The Kier molecular flexibility index (Phi) is 5.72. The number of hydrogen-bond donors (Lipinski definition) is 0. The van der Waals surface area contributed by atoms with E-state index in [-0.39, 0.29) is 35.4 Å². The molecule has 1 amide bonds. The van der Waals surface area contributed by atoms with Gasteiger partial charge in [-0.15, -0.1) is 11.3 Å². The van der Waals surface area contributed by atoms with Gasteiger partial charge in [0.15, 0.2) is 0 Å². The topological polar surface area (TPSA) is 90.7 Å². The molecule has 8 nitrogen and oxygen atoms in total. The lowest BCUT2D eigenvalue weighted by atomic mass is 10.1. The second kappa shape index (κ2) is 8.82. The average Bonchev–Trinajstić information content (AvgIpc) is 3.44. The van der Waals surface area contributed by atoms with Crippen molar-refractivity contribution in [1.82, 2.24) is 14.5 Å². The normalized spacial score (nSPS) is 15.5. The SMILES string of the molecule is COC(=O)c1c(OC2Cc3ccccc3C2)cc(=O)n2c1CCN(C(=O)c1cscn1)CC2. The van der Waals surface area contributed by atoms with Crippen molar-refractivity contribution in [2.75, 3.05) is 20.2 Å². The zero-order valence-corrected chi connectivity index (χ0v) is 19.0. The van der Waals surface area contributed by atoms with Crippen molar-refractivity contribution in [1.29, 1.82) is 0 Å². The lowest BCUT2D eigenvalue weighted by Crippen LogP contribution is -2.34. The van der Waals surface area contributed by atoms with Gasteiger partial charge in [-0.1, -0.05) is 24.3 Å². The zero-order valence-electron chi connectivity index (χ0n) is 18.2. The fourth-order valence-corrected chi connectivity index (χ4v) is 5.15. The molecule has 0 N–H and O–H groups in total. The number of esters is 1. The summed E-state index contributed by atoms with van der Waals surface area (Å²) in [7, 11) is 1.31. The Morgan fingerprint density at radius 2 is 1.88 bits per heavy atom. The Morgan fingerprint density at radius 3 is 2.55 bits per heavy atom. The summed E-state index contributed by atoms with van der Waals surface area (Å²) >= 11 is 1.36. The largest absolute Gasteiger partial charge is 0.489 e. The van der Waals surface area contributed by atoms with Crippen LogP contribution in [0.4, 0.5) is 0 Å². The van der Waals surface area contributed by atoms with E-state index in [1.54, 1.807) is 20.4 Å². The van der Waals surface area contributed by atoms with Crippen molar-refractivity contribution in [2.45, 2.75) is 31.9 Å². The number of nitrogens with zero attached hydrogens (tertiary/aromatic N) is 3. The summed E-state index contributed by atoms with van der Waals surface area (Å²) in [4.78, 5) is 44.4. The summed E-state index contributed by atoms with van der Waals surface area (Å²) in [6, 6.07) is 9.50. The van der Waals surface area contributed by atoms with Crippen LogP contribution in [0.5, 0.6) is 5.75 Å². The van der Waals surface area contributed by atoms with E-state index in [2.05, 4.69) is 17.1 Å². The highest BCUT2D eigenvalue weighted by Crippen LogP contribution is 2.29. The van der Waals surface area contributed by atoms with Gasteiger partial charge in [0.05, 0.1) is 12.6 Å². The molecule has 0 saturated heterocycles. The first kappa shape index (κ1) is 21.4. The van der Waals surface area contributed by atoms with Crippen LogP contribution in [-0.2, 0) is 30.5 Å². The summed E-state index contributed by atoms with van der Waals surface area (Å²) in [5.41, 5.74) is 4.96. The molecule has 0 bridgehead atoms. The highest BCUT2D eigenvalue weighted by molar-refractivity contribution is 7.07. The molecule has 2 aliphatic rings. The number of methoxy groups -OCH3 is 1. The van der Waals surface area contributed by atoms with Crippen LogP contribution in [0, 0.1) is 0 Å². The molecule has 0 fully saturated rings. The van der Waals surface area contributed by atoms with E-state index in [1.807, 2.05) is 12.1 Å². The fraction of sp³-hybridized carbons (Fsp3) is 0.333. The van der Waals surface area contributed by atoms with Crippen molar-refractivity contribution in [3.8, 4) is 5.75 Å². The summed E-state index contributed by atoms with van der Waals surface area (Å²) in [5, 5.41) is 1.71. The molecule has 0 spiro atoms. The molecule has 0 radical (unpaired) electrons. The summed E-state index contributed by atoms with van der Waals surface area (Å²) in [6.45, 7) is 0.989. The van der Waals surface area contributed by atoms with Crippen LogP contribution in [0.1, 0.15) is 37.7 Å². The Hall–Kier alpha value is -3.46. The van der Waals surface area contributed by atoms with Gasteiger partial charge in [0, 0.05) is 56.0 Å². The molecule has 0 atom stereocenters. The van der Waals surface area contributed by atoms with Gasteiger partial charge in [-0.3, -0.25) is 9.59 Å². The van der Waals surface area contributed by atoms with E-state index in [9.17, 15) is 14.4 Å². The number of carbonyl (C=O) groups is 2. The summed E-state index contributed by atoms with van der Waals surface area (Å²) in [5.74, 6) is -0.490. The Morgan fingerprint density at radius 1 is 1.12 bits per heavy atom. The lowest BCUT2D eigenvalue weighted by Gasteiger charge is -2.20. The zero-order chi connectivity index (χ0) is 22.9. The number of thiazole rings is 1. The highest BCUT2D eigenvalue weighted by atomic mass is 32.1. The highest BCUT2D eigenvalue weighted by Gasteiger charge is 2.30. The maximum atomic E-state index is 13.0. The van der Waals surface area contributed by atoms with Crippen LogP contribution >= 0.6 is 11.3 Å². The number of carbonyl (C=O) groups excluding carboxylic acids is 2. The van der Waals surface area contributed by atoms with Crippen molar-refractivity contribution in [3.05, 3.63) is 79.7 Å². The second-order valence-corrected chi connectivity index (χ2v) is 8.86. The predicted octanol–water partition coefficient (Wildman–Crippen LogP) is 2.34. The Labute approximate surface area is 194 Å². The van der Waals surface area contributed by atoms with Crippen LogP contribution < -0.4 is 10.3 Å². The van der Waals surface area contributed by atoms with Crippen molar-refractivity contribution in [3.63, 3.8) is 0 Å². The number of aromatic nitrogens is 2. The number of rotatable bonds is 4. The molecule has 170 valence electrons. The van der Waals surface area contributed by atoms with Gasteiger partial charge in [-0.25, -0.2) is 9.78 Å². The van der Waals surface area contributed by atoms with Crippen LogP contribution in [0.2, 0.25) is 0 Å². The van der Waals surface area contributed by atoms with Gasteiger partial charge in [-0.05, 0) is 11.1 Å². The summed E-state index contributed by atoms with van der Waals surface area (Å²) in [6.07, 6.45) is 1.59. The van der Waals surface area contributed by atoms with Crippen LogP contribution in [0.15, 0.2) is 46.0 Å². The number of ether oxygens (including phenoxy) is 2. The molecule has 5 rings (SSSR count). The van der Waals surface area contributed by atoms with Crippen molar-refractivity contribution < 1.29 is 19.1 Å². The van der Waals surface area contributed by atoms with Gasteiger partial charge in [0.1, 0.15) is 23.1 Å². The fourth-order valence-electron chi connectivity index (χ4n) is 4.63. The van der Waals surface area contributed by atoms with Gasteiger partial charge in [-0.2, -0.15) is 0 Å². The molecule has 1 aliphatic carbocycles. The quantitative estimate of drug-likeness (QED) is 0.550. The molecule has 0 saturated carbocycles. The standard InChI is InChI=1S/C24H23N3O5S/c1-31-24(30)22-19-6-7-26(23(29)18-13-33-14-25-18)8-9-27(19)21(28)12-20(22)32-17-10-15-4-2-3-5-16(15)11-17/h2-5,12-14,17H,6-11H2,1H3. The smallest absolute Gasteiger partial charge is 0.343 e. The Bertz CT molecular complexity index is 1240. The van der Waals surface area contributed by atoms with Gasteiger partial charge in [0.2, 0.25) is 0 Å². The molecule has 9 heteroatoms. The van der Waals surface area contributed by atoms with Gasteiger partial charge in [0.25, 0.3) is 11.5 Å². The number of benzene rings is 1. The minimum absolute atomic E-state index is 0.165. The van der Waals surface area contributed by atoms with E-state index >= 15 is 0 Å². The maximum absolute atomic E-state index is 13.0. The molecule has 1 aliphatic heterocycles. The van der Waals surface area contributed by atoms with Crippen molar-refractivity contribution in [2.24, 2.45) is 0 Å². The number of hydrogen-bond acceptors (Lipinski definition) is 7. The molecule has 1 aromatic carbocycles. The van der Waals surface area contributed by atoms with Crippen LogP contribution in [0.3, 0.4) is 0 Å². The maximum Gasteiger partial charge on any atom is 0.343 e. The average molecular weight is 466 g/mol.